The van der Waals surface area contributed by atoms with Crippen molar-refractivity contribution in [3.8, 4) is 22.5 Å². The van der Waals surface area contributed by atoms with Crippen molar-refractivity contribution in [1.82, 2.24) is 9.97 Å². The van der Waals surface area contributed by atoms with Crippen molar-refractivity contribution in [3.63, 3.8) is 0 Å². The molecule has 0 amide bonds. The van der Waals surface area contributed by atoms with Gasteiger partial charge in [-0.2, -0.15) is 0 Å². The number of hydrogen-bond donors (Lipinski definition) is 0. The van der Waals surface area contributed by atoms with Gasteiger partial charge < -0.3 is 9.97 Å². The van der Waals surface area contributed by atoms with E-state index >= 15 is 0 Å². The molecule has 3 heteroatoms. The Kier molecular flexibility index (Phi) is 10.3. The molecule has 253 valence electrons. The van der Waals surface area contributed by atoms with Gasteiger partial charge in [0.15, 0.2) is 0 Å². The van der Waals surface area contributed by atoms with Crippen molar-refractivity contribution in [3.05, 3.63) is 107 Å². The van der Waals surface area contributed by atoms with E-state index in [9.17, 15) is 0 Å². The fraction of sp³-hybridized carbons (Fsp3) is 0.500. The number of aromatic nitrogens is 2. The third-order valence-corrected chi connectivity index (χ3v) is 10.4. The molecule has 2 aromatic heterocycles. The first-order valence-electron chi connectivity index (χ1n) is 17.2. The first-order chi connectivity index (χ1) is 21.2. The van der Waals surface area contributed by atoms with Crippen LogP contribution in [0.15, 0.2) is 73.1 Å². The van der Waals surface area contributed by atoms with E-state index < -0.39 is 0 Å². The number of hydrogen-bond acceptors (Lipinski definition) is 2. The number of nitrogens with zero attached hydrogens (tertiary/aromatic N) is 2. The van der Waals surface area contributed by atoms with Crippen LogP contribution < -0.4 is 0 Å². The maximum Gasteiger partial charge on any atom is 0.0201 e. The summed E-state index contributed by atoms with van der Waals surface area (Å²) in [4.78, 5) is 9.28. The van der Waals surface area contributed by atoms with Gasteiger partial charge in [-0.25, -0.2) is 0 Å². The maximum atomic E-state index is 4.78. The van der Waals surface area contributed by atoms with Gasteiger partial charge in [-0.3, -0.25) is 0 Å². The van der Waals surface area contributed by atoms with E-state index in [0.29, 0.717) is 10.8 Å². The van der Waals surface area contributed by atoms with Gasteiger partial charge in [-0.1, -0.05) is 101 Å². The van der Waals surface area contributed by atoms with E-state index in [1.54, 1.807) is 0 Å². The minimum absolute atomic E-state index is 0. The minimum Gasteiger partial charge on any atom is -0.305 e. The molecular formula is C44H56IrN2-2. The predicted octanol–water partition coefficient (Wildman–Crippen LogP) is 11.8. The SMILES string of the molecule is CC1(C)CC(C)(C)c2c[c-]c(-c3ccccn3)cc2C(C)(C)C1.CC1(C)CC(C)(C)c2cnc(-c3[c-]cccc3)cc2C(C)(C)C1.[Ir]. The summed E-state index contributed by atoms with van der Waals surface area (Å²) in [5.41, 5.74) is 11.3. The topological polar surface area (TPSA) is 25.8 Å². The zero-order chi connectivity index (χ0) is 33.8. The Morgan fingerprint density at radius 2 is 1.04 bits per heavy atom. The molecule has 0 aliphatic heterocycles. The zero-order valence-corrected chi connectivity index (χ0v) is 33.4. The molecule has 2 aromatic carbocycles. The number of rotatable bonds is 2. The summed E-state index contributed by atoms with van der Waals surface area (Å²) in [5, 5.41) is 0. The number of pyridine rings is 2. The predicted molar refractivity (Wildman–Crippen MR) is 195 cm³/mol. The second-order valence-corrected chi connectivity index (χ2v) is 18.4. The molecule has 0 spiro atoms. The van der Waals surface area contributed by atoms with Gasteiger partial charge in [-0.05, 0) is 86.8 Å². The van der Waals surface area contributed by atoms with E-state index in [4.69, 9.17) is 4.98 Å². The average Bonchev–Trinajstić information content (AvgIpc) is 3.04. The van der Waals surface area contributed by atoms with Crippen LogP contribution in [-0.4, -0.2) is 9.97 Å². The summed E-state index contributed by atoms with van der Waals surface area (Å²) in [6.07, 6.45) is 8.75. The molecule has 2 heterocycles. The molecule has 0 fully saturated rings. The van der Waals surface area contributed by atoms with Crippen LogP contribution in [0.3, 0.4) is 0 Å². The third-order valence-electron chi connectivity index (χ3n) is 10.4. The van der Waals surface area contributed by atoms with Crippen molar-refractivity contribution in [2.24, 2.45) is 10.8 Å². The first kappa shape index (κ1) is 37.2. The van der Waals surface area contributed by atoms with Crippen LogP contribution in [0.1, 0.15) is 131 Å². The number of fused-ring (bicyclic) bond motifs is 2. The fourth-order valence-corrected chi connectivity index (χ4v) is 9.83. The van der Waals surface area contributed by atoms with E-state index in [1.165, 1.54) is 47.9 Å². The van der Waals surface area contributed by atoms with Crippen LogP contribution in [0, 0.1) is 23.0 Å². The van der Waals surface area contributed by atoms with Crippen LogP contribution in [0.5, 0.6) is 0 Å². The molecule has 0 bridgehead atoms. The van der Waals surface area contributed by atoms with Gasteiger partial charge in [0.2, 0.25) is 0 Å². The molecule has 6 rings (SSSR count). The Hall–Kier alpha value is -2.61. The second-order valence-electron chi connectivity index (χ2n) is 18.4. The summed E-state index contributed by atoms with van der Waals surface area (Å²) in [5.74, 6) is 0. The fourth-order valence-electron chi connectivity index (χ4n) is 9.83. The molecule has 2 nitrogen and oxygen atoms in total. The van der Waals surface area contributed by atoms with Crippen molar-refractivity contribution >= 4 is 0 Å². The standard InChI is InChI=1S/2C22H28N.Ir/c1-20(2)14-21(3,4)17-11-10-16(19-9-7-8-12-23-19)13-18(17)22(5,6)15-20;1-20(2)14-21(3,4)17-12-19(16-10-8-7-9-11-16)23-13-18(17)22(5,6)15-20;/h7-9,11-13H,14-15H2,1-6H3;7-10,12-13H,14-15H2,1-6H3;/q2*-1;. The largest absolute Gasteiger partial charge is 0.305 e. The van der Waals surface area contributed by atoms with Crippen molar-refractivity contribution in [2.45, 2.75) is 130 Å². The monoisotopic (exact) mass is 805 g/mol. The van der Waals surface area contributed by atoms with Crippen molar-refractivity contribution in [1.29, 1.82) is 0 Å². The van der Waals surface area contributed by atoms with Gasteiger partial charge >= 0.3 is 0 Å². The number of benzene rings is 2. The Labute approximate surface area is 300 Å². The van der Waals surface area contributed by atoms with Crippen LogP contribution in [-0.2, 0) is 41.8 Å². The summed E-state index contributed by atoms with van der Waals surface area (Å²) in [7, 11) is 0. The molecule has 1 radical (unpaired) electrons. The minimum atomic E-state index is 0. The van der Waals surface area contributed by atoms with Crippen LogP contribution >= 0.6 is 0 Å². The molecule has 0 atom stereocenters. The van der Waals surface area contributed by atoms with Gasteiger partial charge in [0, 0.05) is 32.5 Å². The molecule has 2 aliphatic carbocycles. The molecule has 2 aliphatic rings. The van der Waals surface area contributed by atoms with E-state index in [-0.39, 0.29) is 41.8 Å². The molecule has 0 saturated heterocycles. The zero-order valence-electron chi connectivity index (χ0n) is 31.0. The molecule has 47 heavy (non-hydrogen) atoms. The summed E-state index contributed by atoms with van der Waals surface area (Å²) in [6, 6.07) is 27.9. The van der Waals surface area contributed by atoms with E-state index in [2.05, 4.69) is 143 Å². The van der Waals surface area contributed by atoms with Crippen LogP contribution in [0.25, 0.3) is 22.5 Å². The maximum absolute atomic E-state index is 4.78. The molecule has 0 saturated carbocycles. The Morgan fingerprint density at radius 1 is 0.511 bits per heavy atom. The summed E-state index contributed by atoms with van der Waals surface area (Å²) < 4.78 is 0. The summed E-state index contributed by atoms with van der Waals surface area (Å²) in [6.45, 7) is 28.7. The molecule has 0 unspecified atom stereocenters. The third kappa shape index (κ3) is 8.17. The molecular weight excluding hydrogens is 749 g/mol. The van der Waals surface area contributed by atoms with Gasteiger partial charge in [-0.15, -0.1) is 70.8 Å². The van der Waals surface area contributed by atoms with E-state index in [1.807, 2.05) is 30.5 Å². The van der Waals surface area contributed by atoms with Crippen molar-refractivity contribution < 1.29 is 20.1 Å². The quantitative estimate of drug-likeness (QED) is 0.149. The van der Waals surface area contributed by atoms with Crippen LogP contribution in [0.2, 0.25) is 0 Å². The first-order valence-corrected chi connectivity index (χ1v) is 17.2. The normalized spacial score (nSPS) is 20.9. The van der Waals surface area contributed by atoms with E-state index in [0.717, 1.165) is 22.5 Å². The summed E-state index contributed by atoms with van der Waals surface area (Å²) >= 11 is 0. The smallest absolute Gasteiger partial charge is 0.0201 e. The average molecular weight is 805 g/mol. The second kappa shape index (κ2) is 13.0. The van der Waals surface area contributed by atoms with Crippen LogP contribution in [0.4, 0.5) is 0 Å². The van der Waals surface area contributed by atoms with Gasteiger partial charge in [0.25, 0.3) is 0 Å². The van der Waals surface area contributed by atoms with Gasteiger partial charge in [0.05, 0.1) is 0 Å². The Morgan fingerprint density at radius 3 is 1.57 bits per heavy atom. The van der Waals surface area contributed by atoms with Gasteiger partial charge in [0.1, 0.15) is 0 Å². The Bertz CT molecular complexity index is 1550. The Balaban J connectivity index is 0.000000208. The molecule has 4 aromatic rings. The molecule has 0 N–H and O–H groups in total. The van der Waals surface area contributed by atoms with Crippen molar-refractivity contribution in [2.75, 3.05) is 0 Å².